The van der Waals surface area contributed by atoms with Gasteiger partial charge in [-0.3, -0.25) is 9.59 Å². The molecule has 1 aromatic heterocycles. The lowest BCUT2D eigenvalue weighted by Gasteiger charge is -2.19. The third-order valence-electron chi connectivity index (χ3n) is 4.87. The summed E-state index contributed by atoms with van der Waals surface area (Å²) in [6, 6.07) is 6.77. The summed E-state index contributed by atoms with van der Waals surface area (Å²) in [5, 5.41) is 0.902. The monoisotopic (exact) mass is 394 g/mol. The van der Waals surface area contributed by atoms with Gasteiger partial charge >= 0.3 is 5.97 Å². The molecule has 1 amide bonds. The Hall–Kier alpha value is -2.61. The summed E-state index contributed by atoms with van der Waals surface area (Å²) in [4.78, 5) is 22.9. The van der Waals surface area contributed by atoms with Crippen LogP contribution in [0.3, 0.4) is 0 Å². The summed E-state index contributed by atoms with van der Waals surface area (Å²) in [7, 11) is 1.37. The van der Waals surface area contributed by atoms with E-state index in [0.29, 0.717) is 29.1 Å². The van der Waals surface area contributed by atoms with Gasteiger partial charge in [-0.25, -0.2) is 5.12 Å². The number of esters is 1. The van der Waals surface area contributed by atoms with Gasteiger partial charge in [-0.1, -0.05) is 30.5 Å². The molecular formula is C20H27FN2O5. The molecule has 0 spiro atoms. The average molecular weight is 394 g/mol. The van der Waals surface area contributed by atoms with E-state index < -0.39 is 5.91 Å². The van der Waals surface area contributed by atoms with Gasteiger partial charge in [0.15, 0.2) is 0 Å². The molecule has 0 fully saturated rings. The van der Waals surface area contributed by atoms with Crippen LogP contribution in [-0.4, -0.2) is 38.7 Å². The molecule has 0 saturated carbocycles. The van der Waals surface area contributed by atoms with Crippen molar-refractivity contribution in [1.29, 1.82) is 0 Å². The fraction of sp³-hybridized carbons (Fsp3) is 0.500. The molecular weight excluding hydrogens is 367 g/mol. The molecule has 0 saturated heterocycles. The average Bonchev–Trinajstić information content (AvgIpc) is 3.07. The van der Waals surface area contributed by atoms with Crippen LogP contribution in [0.2, 0.25) is 0 Å². The van der Waals surface area contributed by atoms with Crippen molar-refractivity contribution in [2.75, 3.05) is 32.0 Å². The SMILES string of the molecule is COC(=O)CC(C)C(C)CCOCCN(F)c1c(C(N)=O)oc2ccccc12. The minimum absolute atomic E-state index is 0.0202. The Morgan fingerprint density at radius 2 is 1.93 bits per heavy atom. The van der Waals surface area contributed by atoms with Gasteiger partial charge in [0.05, 0.1) is 20.3 Å². The van der Waals surface area contributed by atoms with Gasteiger partial charge in [-0.05, 0) is 30.4 Å². The van der Waals surface area contributed by atoms with E-state index in [1.165, 1.54) is 7.11 Å². The number of primary amides is 1. The Labute approximate surface area is 163 Å². The van der Waals surface area contributed by atoms with Gasteiger partial charge in [0.1, 0.15) is 11.3 Å². The first kappa shape index (κ1) is 21.7. The molecule has 1 aromatic carbocycles. The second-order valence-electron chi connectivity index (χ2n) is 6.86. The van der Waals surface area contributed by atoms with Crippen LogP contribution in [0.1, 0.15) is 37.2 Å². The second kappa shape index (κ2) is 10.1. The van der Waals surface area contributed by atoms with Crippen LogP contribution in [0.15, 0.2) is 28.7 Å². The number of ether oxygens (including phenoxy) is 2. The largest absolute Gasteiger partial charge is 0.469 e. The highest BCUT2D eigenvalue weighted by Crippen LogP contribution is 2.33. The number of benzene rings is 1. The van der Waals surface area contributed by atoms with Crippen LogP contribution in [0.4, 0.5) is 10.2 Å². The van der Waals surface area contributed by atoms with E-state index in [2.05, 4.69) is 4.74 Å². The molecule has 0 aliphatic rings. The molecule has 0 radical (unpaired) electrons. The molecule has 2 atom stereocenters. The lowest BCUT2D eigenvalue weighted by Crippen LogP contribution is -2.22. The minimum Gasteiger partial charge on any atom is -0.469 e. The van der Waals surface area contributed by atoms with E-state index in [1.807, 2.05) is 13.8 Å². The van der Waals surface area contributed by atoms with Crippen LogP contribution in [-0.2, 0) is 14.3 Å². The van der Waals surface area contributed by atoms with E-state index in [1.54, 1.807) is 24.3 Å². The van der Waals surface area contributed by atoms with Crippen LogP contribution in [0.25, 0.3) is 11.0 Å². The van der Waals surface area contributed by atoms with Crippen LogP contribution < -0.4 is 10.9 Å². The quantitative estimate of drug-likeness (QED) is 0.356. The molecule has 8 heteroatoms. The lowest BCUT2D eigenvalue weighted by molar-refractivity contribution is -0.142. The van der Waals surface area contributed by atoms with Crippen molar-refractivity contribution in [1.82, 2.24) is 0 Å². The molecule has 0 aliphatic carbocycles. The Kier molecular flexibility index (Phi) is 7.80. The smallest absolute Gasteiger partial charge is 0.305 e. The summed E-state index contributed by atoms with van der Waals surface area (Å²) in [5.74, 6) is -0.841. The molecule has 2 N–H and O–H groups in total. The highest BCUT2D eigenvalue weighted by atomic mass is 19.2. The Morgan fingerprint density at radius 1 is 1.21 bits per heavy atom. The molecule has 2 unspecified atom stereocenters. The number of nitrogens with zero attached hydrogens (tertiary/aromatic N) is 1. The minimum atomic E-state index is -0.830. The molecule has 0 bridgehead atoms. The van der Waals surface area contributed by atoms with E-state index in [9.17, 15) is 14.1 Å². The Bertz CT molecular complexity index is 807. The number of anilines is 1. The van der Waals surface area contributed by atoms with E-state index in [-0.39, 0.29) is 42.4 Å². The molecule has 2 aromatic rings. The number of fused-ring (bicyclic) bond motifs is 1. The number of carbonyl (C=O) groups excluding carboxylic acids is 2. The molecule has 28 heavy (non-hydrogen) atoms. The zero-order chi connectivity index (χ0) is 20.7. The highest BCUT2D eigenvalue weighted by molar-refractivity contribution is 6.05. The first-order chi connectivity index (χ1) is 13.3. The van der Waals surface area contributed by atoms with Gasteiger partial charge in [0.25, 0.3) is 5.91 Å². The zero-order valence-electron chi connectivity index (χ0n) is 16.4. The van der Waals surface area contributed by atoms with Crippen LogP contribution in [0, 0.1) is 11.8 Å². The third-order valence-corrected chi connectivity index (χ3v) is 4.87. The summed E-state index contributed by atoms with van der Waals surface area (Å²) < 4.78 is 30.2. The van der Waals surface area contributed by atoms with Crippen molar-refractivity contribution in [3.8, 4) is 0 Å². The summed E-state index contributed by atoms with van der Waals surface area (Å²) in [6.45, 7) is 4.52. The third kappa shape index (κ3) is 5.45. The van der Waals surface area contributed by atoms with Gasteiger partial charge < -0.3 is 19.6 Å². The van der Waals surface area contributed by atoms with Crippen molar-refractivity contribution in [3.05, 3.63) is 30.0 Å². The number of amides is 1. The fourth-order valence-corrected chi connectivity index (χ4v) is 2.90. The van der Waals surface area contributed by atoms with E-state index in [4.69, 9.17) is 14.9 Å². The number of nitrogens with two attached hydrogens (primary N) is 1. The second-order valence-corrected chi connectivity index (χ2v) is 6.86. The normalized spacial score (nSPS) is 13.3. The number of carbonyl (C=O) groups is 2. The maximum absolute atomic E-state index is 14.6. The Balaban J connectivity index is 1.84. The predicted octanol–water partition coefficient (Wildman–Crippen LogP) is 3.46. The van der Waals surface area contributed by atoms with Gasteiger partial charge in [-0.2, -0.15) is 0 Å². The van der Waals surface area contributed by atoms with E-state index in [0.717, 1.165) is 6.42 Å². The maximum Gasteiger partial charge on any atom is 0.305 e. The van der Waals surface area contributed by atoms with Crippen LogP contribution in [0.5, 0.6) is 0 Å². The topological polar surface area (TPSA) is 95.0 Å². The standard InChI is InChI=1S/C20H27FN2O5/c1-13(14(2)12-17(24)26-3)8-10-27-11-9-23(21)18-15-6-4-5-7-16(15)28-19(18)20(22)25/h4-7,13-14H,8-12H2,1-3H3,(H2,22,25). The highest BCUT2D eigenvalue weighted by Gasteiger charge is 2.23. The summed E-state index contributed by atoms with van der Waals surface area (Å²) in [6.07, 6.45) is 1.10. The van der Waals surface area contributed by atoms with Crippen molar-refractivity contribution < 1.29 is 28.0 Å². The van der Waals surface area contributed by atoms with Crippen molar-refractivity contribution >= 4 is 28.5 Å². The first-order valence-corrected chi connectivity index (χ1v) is 9.24. The van der Waals surface area contributed by atoms with Crippen molar-refractivity contribution in [3.63, 3.8) is 0 Å². The van der Waals surface area contributed by atoms with Crippen molar-refractivity contribution in [2.45, 2.75) is 26.7 Å². The predicted molar refractivity (Wildman–Crippen MR) is 104 cm³/mol. The van der Waals surface area contributed by atoms with Gasteiger partial charge in [0.2, 0.25) is 5.76 Å². The number of para-hydroxylation sites is 1. The first-order valence-electron chi connectivity index (χ1n) is 9.24. The van der Waals surface area contributed by atoms with Gasteiger partial charge in [-0.15, -0.1) is 0 Å². The summed E-state index contributed by atoms with van der Waals surface area (Å²) in [5.41, 5.74) is 5.72. The Morgan fingerprint density at radius 3 is 2.61 bits per heavy atom. The number of hydrogen-bond donors (Lipinski definition) is 1. The number of methoxy groups -OCH3 is 1. The van der Waals surface area contributed by atoms with E-state index >= 15 is 0 Å². The molecule has 0 aliphatic heterocycles. The molecule has 2 rings (SSSR count). The number of rotatable bonds is 11. The fourth-order valence-electron chi connectivity index (χ4n) is 2.90. The molecule has 1 heterocycles. The van der Waals surface area contributed by atoms with Crippen LogP contribution >= 0.6 is 0 Å². The molecule has 7 nitrogen and oxygen atoms in total. The summed E-state index contributed by atoms with van der Waals surface area (Å²) >= 11 is 0. The number of halogens is 1. The van der Waals surface area contributed by atoms with Gasteiger partial charge in [0, 0.05) is 18.4 Å². The number of hydrogen-bond acceptors (Lipinski definition) is 6. The zero-order valence-corrected chi connectivity index (χ0v) is 16.4. The lowest BCUT2D eigenvalue weighted by atomic mass is 9.90. The number of furan rings is 1. The molecule has 154 valence electrons. The maximum atomic E-state index is 14.6. The van der Waals surface area contributed by atoms with Crippen molar-refractivity contribution in [2.24, 2.45) is 17.6 Å².